The van der Waals surface area contributed by atoms with Crippen molar-refractivity contribution in [2.24, 2.45) is 0 Å². The molecule has 7 heteroatoms. The number of thiophene rings is 1. The lowest BCUT2D eigenvalue weighted by molar-refractivity contribution is 0.0957. The van der Waals surface area contributed by atoms with Crippen LogP contribution >= 0.6 is 11.3 Å². The van der Waals surface area contributed by atoms with Crippen LogP contribution in [0.5, 0.6) is 0 Å². The van der Waals surface area contributed by atoms with Crippen LogP contribution in [0.1, 0.15) is 26.8 Å². The Bertz CT molecular complexity index is 824. The second kappa shape index (κ2) is 5.76. The lowest BCUT2D eigenvalue weighted by atomic mass is 10.2. The predicted octanol–water partition coefficient (Wildman–Crippen LogP) is 2.46. The van der Waals surface area contributed by atoms with Crippen LogP contribution in [0.3, 0.4) is 0 Å². The summed E-state index contributed by atoms with van der Waals surface area (Å²) in [5.74, 6) is 1.75. The molecular formula is C15H16N4O2S. The molecule has 0 aromatic carbocycles. The molecule has 0 saturated heterocycles. The third-order valence-electron chi connectivity index (χ3n) is 3.37. The van der Waals surface area contributed by atoms with Crippen LogP contribution < -0.4 is 11.1 Å². The van der Waals surface area contributed by atoms with Gasteiger partial charge < -0.3 is 15.5 Å². The van der Waals surface area contributed by atoms with E-state index < -0.39 is 0 Å². The molecule has 6 nitrogen and oxygen atoms in total. The van der Waals surface area contributed by atoms with E-state index in [1.807, 2.05) is 19.1 Å². The predicted molar refractivity (Wildman–Crippen MR) is 86.0 cm³/mol. The van der Waals surface area contributed by atoms with E-state index in [0.29, 0.717) is 29.5 Å². The van der Waals surface area contributed by atoms with E-state index in [-0.39, 0.29) is 5.91 Å². The second-order valence-corrected chi connectivity index (χ2v) is 5.98. The number of aromatic nitrogens is 2. The minimum absolute atomic E-state index is 0.121. The molecule has 0 aliphatic carbocycles. The molecular weight excluding hydrogens is 300 g/mol. The summed E-state index contributed by atoms with van der Waals surface area (Å²) in [6.45, 7) is 4.17. The number of nitrogens with zero attached hydrogens (tertiary/aromatic N) is 2. The van der Waals surface area contributed by atoms with E-state index in [0.717, 1.165) is 21.5 Å². The van der Waals surface area contributed by atoms with Gasteiger partial charge in [-0.05, 0) is 31.5 Å². The van der Waals surface area contributed by atoms with Crippen LogP contribution in [0.4, 0.5) is 5.82 Å². The second-order valence-electron chi connectivity index (χ2n) is 4.98. The van der Waals surface area contributed by atoms with Gasteiger partial charge in [-0.15, -0.1) is 11.3 Å². The molecule has 0 fully saturated rings. The summed E-state index contributed by atoms with van der Waals surface area (Å²) in [7, 11) is 0. The number of fused-ring (bicyclic) bond motifs is 1. The number of rotatable bonds is 4. The van der Waals surface area contributed by atoms with Crippen LogP contribution in [0.2, 0.25) is 0 Å². The van der Waals surface area contributed by atoms with Crippen LogP contribution in [0.25, 0.3) is 10.2 Å². The number of carbonyl (C=O) groups excluding carboxylic acids is 1. The molecule has 3 aromatic rings. The van der Waals surface area contributed by atoms with Gasteiger partial charge in [-0.25, -0.2) is 9.97 Å². The fourth-order valence-corrected chi connectivity index (χ4v) is 3.48. The van der Waals surface area contributed by atoms with Crippen molar-refractivity contribution in [3.05, 3.63) is 40.4 Å². The van der Waals surface area contributed by atoms with Crippen LogP contribution in [0, 0.1) is 13.8 Å². The number of hydrogen-bond acceptors (Lipinski definition) is 6. The number of carbonyl (C=O) groups is 1. The first kappa shape index (κ1) is 14.5. The highest BCUT2D eigenvalue weighted by molar-refractivity contribution is 7.20. The summed E-state index contributed by atoms with van der Waals surface area (Å²) in [6.07, 6.45) is 2.28. The Morgan fingerprint density at radius 1 is 1.41 bits per heavy atom. The van der Waals surface area contributed by atoms with Crippen molar-refractivity contribution in [3.8, 4) is 0 Å². The number of anilines is 1. The Labute approximate surface area is 131 Å². The molecule has 1 amide bonds. The Balaban J connectivity index is 1.79. The van der Waals surface area contributed by atoms with Gasteiger partial charge in [-0.1, -0.05) is 0 Å². The first-order chi connectivity index (χ1) is 10.6. The quantitative estimate of drug-likeness (QED) is 0.771. The van der Waals surface area contributed by atoms with Crippen molar-refractivity contribution in [2.75, 3.05) is 12.3 Å². The number of nitrogens with one attached hydrogen (secondary N) is 1. The van der Waals surface area contributed by atoms with Crippen molar-refractivity contribution in [1.82, 2.24) is 15.3 Å². The minimum atomic E-state index is -0.121. The van der Waals surface area contributed by atoms with E-state index in [1.54, 1.807) is 13.2 Å². The van der Waals surface area contributed by atoms with Crippen molar-refractivity contribution >= 4 is 33.3 Å². The van der Waals surface area contributed by atoms with Gasteiger partial charge in [0.15, 0.2) is 0 Å². The Kier molecular flexibility index (Phi) is 3.81. The normalized spacial score (nSPS) is 11.0. The Morgan fingerprint density at radius 3 is 2.95 bits per heavy atom. The molecule has 0 aliphatic heterocycles. The standard InChI is InChI=1S/C15H16N4O2S/c1-8-11-13(16)18-9(2)19-15(11)22-12(8)14(20)17-6-5-10-4-3-7-21-10/h3-4,7H,5-6H2,1-2H3,(H,17,20)(H2,16,18,19). The number of nitrogen functional groups attached to an aromatic ring is 1. The van der Waals surface area contributed by atoms with E-state index in [1.165, 1.54) is 11.3 Å². The molecule has 0 spiro atoms. The molecule has 114 valence electrons. The Hall–Kier alpha value is -2.41. The third-order valence-corrected chi connectivity index (χ3v) is 4.56. The van der Waals surface area contributed by atoms with Crippen LogP contribution in [-0.2, 0) is 6.42 Å². The van der Waals surface area contributed by atoms with Crippen LogP contribution in [-0.4, -0.2) is 22.4 Å². The smallest absolute Gasteiger partial charge is 0.261 e. The van der Waals surface area contributed by atoms with E-state index >= 15 is 0 Å². The molecule has 0 aliphatic rings. The van der Waals surface area contributed by atoms with Gasteiger partial charge in [0.05, 0.1) is 16.5 Å². The number of nitrogens with two attached hydrogens (primary N) is 1. The summed E-state index contributed by atoms with van der Waals surface area (Å²) in [5.41, 5.74) is 6.77. The highest BCUT2D eigenvalue weighted by atomic mass is 32.1. The molecule has 0 bridgehead atoms. The van der Waals surface area contributed by atoms with Crippen LogP contribution in [0.15, 0.2) is 22.8 Å². The number of hydrogen-bond donors (Lipinski definition) is 2. The van der Waals surface area contributed by atoms with Crippen molar-refractivity contribution in [1.29, 1.82) is 0 Å². The van der Waals surface area contributed by atoms with Crippen molar-refractivity contribution < 1.29 is 9.21 Å². The average molecular weight is 316 g/mol. The molecule has 3 N–H and O–H groups in total. The van der Waals surface area contributed by atoms with Gasteiger partial charge in [-0.2, -0.15) is 0 Å². The minimum Gasteiger partial charge on any atom is -0.469 e. The average Bonchev–Trinajstić information content (AvgIpc) is 3.06. The largest absolute Gasteiger partial charge is 0.469 e. The maximum absolute atomic E-state index is 12.3. The third kappa shape index (κ3) is 2.67. The van der Waals surface area contributed by atoms with Gasteiger partial charge in [0.1, 0.15) is 22.2 Å². The molecule has 0 radical (unpaired) electrons. The van der Waals surface area contributed by atoms with Gasteiger partial charge in [0.2, 0.25) is 0 Å². The van der Waals surface area contributed by atoms with E-state index in [4.69, 9.17) is 10.2 Å². The number of aryl methyl sites for hydroxylation is 2. The zero-order valence-electron chi connectivity index (χ0n) is 12.3. The summed E-state index contributed by atoms with van der Waals surface area (Å²) >= 11 is 1.34. The molecule has 3 rings (SSSR count). The molecule has 0 atom stereocenters. The zero-order chi connectivity index (χ0) is 15.7. The molecule has 0 unspecified atom stereocenters. The fraction of sp³-hybridized carbons (Fsp3) is 0.267. The topological polar surface area (TPSA) is 94.0 Å². The van der Waals surface area contributed by atoms with Crippen molar-refractivity contribution in [2.45, 2.75) is 20.3 Å². The Morgan fingerprint density at radius 2 is 2.23 bits per heavy atom. The first-order valence-electron chi connectivity index (χ1n) is 6.90. The monoisotopic (exact) mass is 316 g/mol. The van der Waals surface area contributed by atoms with E-state index in [9.17, 15) is 4.79 Å². The highest BCUT2D eigenvalue weighted by Gasteiger charge is 2.18. The number of furan rings is 1. The first-order valence-corrected chi connectivity index (χ1v) is 7.71. The van der Waals surface area contributed by atoms with Gasteiger partial charge in [0, 0.05) is 13.0 Å². The SMILES string of the molecule is Cc1nc(N)c2c(C)c(C(=O)NCCc3ccco3)sc2n1. The maximum Gasteiger partial charge on any atom is 0.261 e. The molecule has 3 aromatic heterocycles. The maximum atomic E-state index is 12.3. The molecule has 0 saturated carbocycles. The molecule has 22 heavy (non-hydrogen) atoms. The lowest BCUT2D eigenvalue weighted by Crippen LogP contribution is -2.25. The van der Waals surface area contributed by atoms with E-state index in [2.05, 4.69) is 15.3 Å². The lowest BCUT2D eigenvalue weighted by Gasteiger charge is -2.03. The summed E-state index contributed by atoms with van der Waals surface area (Å²) in [6, 6.07) is 3.72. The fourth-order valence-electron chi connectivity index (χ4n) is 2.33. The molecule has 3 heterocycles. The van der Waals surface area contributed by atoms with Gasteiger partial charge >= 0.3 is 0 Å². The summed E-state index contributed by atoms with van der Waals surface area (Å²) in [4.78, 5) is 22.2. The van der Waals surface area contributed by atoms with Crippen molar-refractivity contribution in [3.63, 3.8) is 0 Å². The summed E-state index contributed by atoms with van der Waals surface area (Å²) in [5, 5.41) is 3.67. The van der Waals surface area contributed by atoms with Gasteiger partial charge in [0.25, 0.3) is 5.91 Å². The zero-order valence-corrected chi connectivity index (χ0v) is 13.2. The highest BCUT2D eigenvalue weighted by Crippen LogP contribution is 2.32. The summed E-state index contributed by atoms with van der Waals surface area (Å²) < 4.78 is 5.24. The van der Waals surface area contributed by atoms with Gasteiger partial charge in [-0.3, -0.25) is 4.79 Å². The number of amides is 1.